The number of hydrogen-bond acceptors (Lipinski definition) is 4. The van der Waals surface area contributed by atoms with Crippen LogP contribution in [0.2, 0.25) is 0 Å². The van der Waals surface area contributed by atoms with Crippen LogP contribution in [-0.4, -0.2) is 28.3 Å². The van der Waals surface area contributed by atoms with Crippen molar-refractivity contribution in [2.45, 2.75) is 17.9 Å². The number of amides is 1. The summed E-state index contributed by atoms with van der Waals surface area (Å²) < 4.78 is 17.9. The minimum atomic E-state index is -0.267. The fourth-order valence-corrected chi connectivity index (χ4v) is 2.92. The summed E-state index contributed by atoms with van der Waals surface area (Å²) in [6, 6.07) is 6.16. The number of fused-ring (bicyclic) bond motifs is 1. The molecule has 20 heavy (non-hydrogen) atoms. The monoisotopic (exact) mass is 292 g/mol. The van der Waals surface area contributed by atoms with Crippen LogP contribution < -0.4 is 0 Å². The first-order valence-corrected chi connectivity index (χ1v) is 7.29. The summed E-state index contributed by atoms with van der Waals surface area (Å²) in [6.45, 7) is 1.21. The molecule has 0 unspecified atom stereocenters. The van der Waals surface area contributed by atoms with E-state index in [2.05, 4.69) is 5.16 Å². The Morgan fingerprint density at radius 3 is 3.00 bits per heavy atom. The summed E-state index contributed by atoms with van der Waals surface area (Å²) >= 11 is 1.42. The minimum absolute atomic E-state index is 0.0752. The van der Waals surface area contributed by atoms with Gasteiger partial charge in [0.1, 0.15) is 11.6 Å². The van der Waals surface area contributed by atoms with Crippen molar-refractivity contribution in [3.8, 4) is 0 Å². The molecule has 6 heteroatoms. The highest BCUT2D eigenvalue weighted by Crippen LogP contribution is 2.22. The lowest BCUT2D eigenvalue weighted by Gasteiger charge is -2.25. The second-order valence-corrected chi connectivity index (χ2v) is 5.63. The maximum absolute atomic E-state index is 12.8. The van der Waals surface area contributed by atoms with Gasteiger partial charge in [-0.3, -0.25) is 4.79 Å². The highest BCUT2D eigenvalue weighted by molar-refractivity contribution is 8.00. The van der Waals surface area contributed by atoms with Crippen LogP contribution in [0.4, 0.5) is 4.39 Å². The van der Waals surface area contributed by atoms with Gasteiger partial charge in [0.25, 0.3) is 0 Å². The van der Waals surface area contributed by atoms with E-state index in [0.29, 0.717) is 25.3 Å². The number of nitrogens with zero attached hydrogens (tertiary/aromatic N) is 2. The zero-order valence-corrected chi connectivity index (χ0v) is 11.5. The van der Waals surface area contributed by atoms with Crippen molar-refractivity contribution in [2.75, 3.05) is 12.3 Å². The molecule has 104 valence electrons. The van der Waals surface area contributed by atoms with E-state index >= 15 is 0 Å². The molecule has 0 spiro atoms. The smallest absolute Gasteiger partial charge is 0.233 e. The summed E-state index contributed by atoms with van der Waals surface area (Å²) in [5.41, 5.74) is 0.983. The van der Waals surface area contributed by atoms with Gasteiger partial charge in [-0.2, -0.15) is 0 Å². The average Bonchev–Trinajstić information content (AvgIpc) is 2.93. The lowest BCUT2D eigenvalue weighted by atomic mass is 10.1. The largest absolute Gasteiger partial charge is 0.361 e. The molecule has 2 heterocycles. The molecular formula is C14H13FN2O2S. The lowest BCUT2D eigenvalue weighted by Crippen LogP contribution is -2.36. The highest BCUT2D eigenvalue weighted by atomic mass is 32.2. The fourth-order valence-electron chi connectivity index (χ4n) is 2.12. The number of carbonyl (C=O) groups is 1. The summed E-state index contributed by atoms with van der Waals surface area (Å²) in [5, 5.41) is 3.75. The van der Waals surface area contributed by atoms with Crippen LogP contribution in [0.25, 0.3) is 0 Å². The Morgan fingerprint density at radius 1 is 1.40 bits per heavy atom. The molecule has 0 aliphatic carbocycles. The molecule has 0 atom stereocenters. The maximum Gasteiger partial charge on any atom is 0.233 e. The van der Waals surface area contributed by atoms with E-state index in [4.69, 9.17) is 4.52 Å². The summed E-state index contributed by atoms with van der Waals surface area (Å²) in [7, 11) is 0. The average molecular weight is 292 g/mol. The molecule has 0 N–H and O–H groups in total. The molecule has 1 amide bonds. The number of aromatic nitrogens is 1. The van der Waals surface area contributed by atoms with Gasteiger partial charge in [0.2, 0.25) is 5.91 Å². The minimum Gasteiger partial charge on any atom is -0.361 e. The van der Waals surface area contributed by atoms with Gasteiger partial charge in [-0.25, -0.2) is 4.39 Å². The van der Waals surface area contributed by atoms with Crippen molar-refractivity contribution in [3.63, 3.8) is 0 Å². The first-order chi connectivity index (χ1) is 9.72. The number of benzene rings is 1. The Labute approximate surface area is 119 Å². The third-order valence-electron chi connectivity index (χ3n) is 3.23. The van der Waals surface area contributed by atoms with E-state index in [0.717, 1.165) is 16.2 Å². The van der Waals surface area contributed by atoms with Crippen molar-refractivity contribution >= 4 is 17.7 Å². The van der Waals surface area contributed by atoms with Gasteiger partial charge in [-0.05, 0) is 24.3 Å². The molecule has 1 aliphatic rings. The predicted octanol–water partition coefficient (Wildman–Crippen LogP) is 2.49. The van der Waals surface area contributed by atoms with Gasteiger partial charge in [0.15, 0.2) is 0 Å². The van der Waals surface area contributed by atoms with Crippen molar-refractivity contribution in [1.82, 2.24) is 10.1 Å². The number of halogens is 1. The zero-order valence-electron chi connectivity index (χ0n) is 10.7. The first-order valence-electron chi connectivity index (χ1n) is 6.31. The van der Waals surface area contributed by atoms with Crippen LogP contribution in [0, 0.1) is 5.82 Å². The normalized spacial score (nSPS) is 14.2. The molecule has 0 radical (unpaired) electrons. The Kier molecular flexibility index (Phi) is 3.73. The van der Waals surface area contributed by atoms with Crippen molar-refractivity contribution in [2.24, 2.45) is 0 Å². The standard InChI is InChI=1S/C14H13FN2O2S/c15-11-1-3-12(4-2-11)20-9-14(18)17-6-5-13-10(8-17)7-16-19-13/h1-4,7H,5-6,8-9H2. The third-order valence-corrected chi connectivity index (χ3v) is 4.23. The molecule has 0 saturated carbocycles. The van der Waals surface area contributed by atoms with Crippen molar-refractivity contribution in [1.29, 1.82) is 0 Å². The molecular weight excluding hydrogens is 279 g/mol. The highest BCUT2D eigenvalue weighted by Gasteiger charge is 2.23. The lowest BCUT2D eigenvalue weighted by molar-refractivity contribution is -0.129. The van der Waals surface area contributed by atoms with Gasteiger partial charge >= 0.3 is 0 Å². The fraction of sp³-hybridized carbons (Fsp3) is 0.286. The Morgan fingerprint density at radius 2 is 2.20 bits per heavy atom. The van der Waals surface area contributed by atoms with Crippen LogP contribution >= 0.6 is 11.8 Å². The number of carbonyl (C=O) groups excluding carboxylic acids is 1. The summed E-state index contributed by atoms with van der Waals surface area (Å²) in [5.74, 6) is 1.04. The van der Waals surface area contributed by atoms with E-state index in [-0.39, 0.29) is 11.7 Å². The number of rotatable bonds is 3. The molecule has 0 fully saturated rings. The molecule has 1 aromatic carbocycles. The molecule has 1 aromatic heterocycles. The number of hydrogen-bond donors (Lipinski definition) is 0. The van der Waals surface area contributed by atoms with Gasteiger partial charge in [0.05, 0.1) is 18.5 Å². The quantitative estimate of drug-likeness (QED) is 0.815. The Balaban J connectivity index is 1.56. The molecule has 2 aromatic rings. The molecule has 3 rings (SSSR count). The van der Waals surface area contributed by atoms with Gasteiger partial charge in [-0.15, -0.1) is 11.8 Å². The zero-order chi connectivity index (χ0) is 13.9. The van der Waals surface area contributed by atoms with Crippen LogP contribution in [0.15, 0.2) is 39.9 Å². The third kappa shape index (κ3) is 2.85. The van der Waals surface area contributed by atoms with Gasteiger partial charge < -0.3 is 9.42 Å². The summed E-state index contributed by atoms with van der Waals surface area (Å²) in [4.78, 5) is 14.8. The van der Waals surface area contributed by atoms with Gasteiger partial charge in [0, 0.05) is 23.4 Å². The van der Waals surface area contributed by atoms with E-state index in [1.165, 1.54) is 23.9 Å². The number of thioether (sulfide) groups is 1. The Hall–Kier alpha value is -1.82. The Bertz CT molecular complexity index is 612. The van der Waals surface area contributed by atoms with Crippen LogP contribution in [-0.2, 0) is 17.8 Å². The molecule has 0 bridgehead atoms. The van der Waals surface area contributed by atoms with Crippen LogP contribution in [0.5, 0.6) is 0 Å². The van der Waals surface area contributed by atoms with E-state index in [1.807, 2.05) is 0 Å². The molecule has 1 aliphatic heterocycles. The summed E-state index contributed by atoms with van der Waals surface area (Å²) in [6.07, 6.45) is 2.38. The van der Waals surface area contributed by atoms with Gasteiger partial charge in [-0.1, -0.05) is 5.16 Å². The SMILES string of the molecule is O=C(CSc1ccc(F)cc1)N1CCc2oncc2C1. The van der Waals surface area contributed by atoms with E-state index in [9.17, 15) is 9.18 Å². The molecule has 4 nitrogen and oxygen atoms in total. The topological polar surface area (TPSA) is 46.3 Å². The first kappa shape index (κ1) is 13.2. The molecule has 0 saturated heterocycles. The van der Waals surface area contributed by atoms with Crippen molar-refractivity contribution < 1.29 is 13.7 Å². The van der Waals surface area contributed by atoms with Crippen LogP contribution in [0.3, 0.4) is 0 Å². The van der Waals surface area contributed by atoms with E-state index in [1.54, 1.807) is 23.2 Å². The van der Waals surface area contributed by atoms with E-state index < -0.39 is 0 Å². The van der Waals surface area contributed by atoms with Crippen LogP contribution in [0.1, 0.15) is 11.3 Å². The van der Waals surface area contributed by atoms with Crippen molar-refractivity contribution in [3.05, 3.63) is 47.6 Å². The second kappa shape index (κ2) is 5.66. The maximum atomic E-state index is 12.8. The second-order valence-electron chi connectivity index (χ2n) is 4.58. The predicted molar refractivity (Wildman–Crippen MR) is 72.7 cm³/mol.